The molecule has 1 aliphatic heterocycles. The number of rotatable bonds is 7. The zero-order valence-corrected chi connectivity index (χ0v) is 16.9. The molecular formula is C21H17ClFN3O2S. The number of carbonyl (C=O) groups excluding carboxylic acids is 1. The lowest BCUT2D eigenvalue weighted by Crippen LogP contribution is -2.21. The molecule has 0 atom stereocenters. The van der Waals surface area contributed by atoms with Gasteiger partial charge in [-0.25, -0.2) is 4.39 Å². The Morgan fingerprint density at radius 1 is 1.24 bits per heavy atom. The predicted octanol–water partition coefficient (Wildman–Crippen LogP) is 4.96. The van der Waals surface area contributed by atoms with E-state index in [0.29, 0.717) is 29.3 Å². The van der Waals surface area contributed by atoms with Crippen molar-refractivity contribution in [3.05, 3.63) is 74.9 Å². The number of aliphatic imine (C=N–C) groups is 1. The first-order valence-corrected chi connectivity index (χ1v) is 10.2. The summed E-state index contributed by atoms with van der Waals surface area (Å²) in [6, 6.07) is 9.89. The summed E-state index contributed by atoms with van der Waals surface area (Å²) >= 11 is 7.46. The summed E-state index contributed by atoms with van der Waals surface area (Å²) in [5.74, 6) is -0.113. The van der Waals surface area contributed by atoms with E-state index in [-0.39, 0.29) is 23.8 Å². The first-order chi connectivity index (χ1) is 14.1. The minimum atomic E-state index is -0.510. The van der Waals surface area contributed by atoms with E-state index in [1.54, 1.807) is 23.6 Å². The molecule has 1 N–H and O–H groups in total. The molecule has 0 radical (unpaired) electrons. The normalized spacial score (nSPS) is 13.2. The maximum atomic E-state index is 13.3. The minimum absolute atomic E-state index is 0.0159. The second-order valence-corrected chi connectivity index (χ2v) is 7.92. The Morgan fingerprint density at radius 2 is 2.14 bits per heavy atom. The van der Waals surface area contributed by atoms with Gasteiger partial charge in [-0.1, -0.05) is 17.7 Å². The van der Waals surface area contributed by atoms with Crippen molar-refractivity contribution >= 4 is 40.1 Å². The average molecular weight is 430 g/mol. The molecule has 8 heteroatoms. The summed E-state index contributed by atoms with van der Waals surface area (Å²) < 4.78 is 18.9. The number of benzene rings is 1. The molecule has 1 aromatic carbocycles. The lowest BCUT2D eigenvalue weighted by atomic mass is 10.00. The van der Waals surface area contributed by atoms with E-state index in [4.69, 9.17) is 16.3 Å². The molecule has 0 bridgehead atoms. The van der Waals surface area contributed by atoms with Crippen LogP contribution in [0.5, 0.6) is 5.75 Å². The van der Waals surface area contributed by atoms with Gasteiger partial charge in [-0.15, -0.1) is 11.3 Å². The molecule has 1 aliphatic rings. The Balaban J connectivity index is 1.48. The number of halogens is 2. The molecule has 0 unspecified atom stereocenters. The molecule has 0 amide bonds. The number of aromatic nitrogens is 1. The van der Waals surface area contributed by atoms with Crippen LogP contribution in [-0.4, -0.2) is 23.1 Å². The molecule has 0 saturated heterocycles. The Hall–Kier alpha value is -2.61. The highest BCUT2D eigenvalue weighted by atomic mass is 35.5. The fourth-order valence-corrected chi connectivity index (χ4v) is 3.83. The van der Waals surface area contributed by atoms with Crippen molar-refractivity contribution in [3.63, 3.8) is 0 Å². The molecule has 0 spiro atoms. The largest absolute Gasteiger partial charge is 0.488 e. The van der Waals surface area contributed by atoms with Crippen molar-refractivity contribution in [3.8, 4) is 5.75 Å². The Bertz CT molecular complexity index is 1070. The first-order valence-electron chi connectivity index (χ1n) is 8.98. The first kappa shape index (κ1) is 19.7. The number of thiophene rings is 1. The van der Waals surface area contributed by atoms with Crippen molar-refractivity contribution in [2.75, 3.05) is 6.61 Å². The van der Waals surface area contributed by atoms with Gasteiger partial charge in [0, 0.05) is 35.8 Å². The second kappa shape index (κ2) is 8.82. The number of Topliss-reactive ketones (excluding diaryl/α,β-unsaturated/α-hetero) is 1. The van der Waals surface area contributed by atoms with Crippen LogP contribution in [0.4, 0.5) is 10.1 Å². The molecule has 3 aromatic rings. The van der Waals surface area contributed by atoms with Crippen LogP contribution >= 0.6 is 22.9 Å². The lowest BCUT2D eigenvalue weighted by Gasteiger charge is -2.17. The number of hydrogen-bond donors (Lipinski definition) is 1. The van der Waals surface area contributed by atoms with Crippen molar-refractivity contribution in [1.29, 1.82) is 0 Å². The van der Waals surface area contributed by atoms with Gasteiger partial charge in [-0.05, 0) is 29.6 Å². The summed E-state index contributed by atoms with van der Waals surface area (Å²) in [6.07, 6.45) is 1.81. The van der Waals surface area contributed by atoms with Gasteiger partial charge in [0.15, 0.2) is 5.78 Å². The van der Waals surface area contributed by atoms with Crippen molar-refractivity contribution in [2.24, 2.45) is 4.99 Å². The highest BCUT2D eigenvalue weighted by Crippen LogP contribution is 2.29. The molecule has 0 saturated carbocycles. The fraction of sp³-hybridized carbons (Fsp3) is 0.190. The Morgan fingerprint density at radius 3 is 2.93 bits per heavy atom. The molecule has 0 fully saturated rings. The third-order valence-electron chi connectivity index (χ3n) is 4.40. The molecule has 5 nitrogen and oxygen atoms in total. The van der Waals surface area contributed by atoms with E-state index in [9.17, 15) is 9.18 Å². The van der Waals surface area contributed by atoms with Gasteiger partial charge in [0.1, 0.15) is 18.2 Å². The standard InChI is InChI=1S/C21H17ClFN3O2S/c22-17-9-14(3-4-18(17)23)28-12-13-8-20(27)16-5-6-25-19(21(16)26-13)11-24-10-15-2-1-7-29-15/h1-7,9,24H,8,10-12H2. The van der Waals surface area contributed by atoms with Crippen molar-refractivity contribution in [1.82, 2.24) is 10.3 Å². The molecule has 3 heterocycles. The zero-order chi connectivity index (χ0) is 20.2. The van der Waals surface area contributed by atoms with Crippen LogP contribution in [0, 0.1) is 5.82 Å². The number of nitrogens with one attached hydrogen (secondary N) is 1. The van der Waals surface area contributed by atoms with Crippen LogP contribution in [0.15, 0.2) is 53.0 Å². The summed E-state index contributed by atoms with van der Waals surface area (Å²) in [4.78, 5) is 22.8. The van der Waals surface area contributed by atoms with Gasteiger partial charge < -0.3 is 10.1 Å². The number of ether oxygens (including phenoxy) is 1. The molecule has 4 rings (SSSR count). The number of ketones is 1. The molecule has 29 heavy (non-hydrogen) atoms. The van der Waals surface area contributed by atoms with Crippen LogP contribution < -0.4 is 10.1 Å². The quantitative estimate of drug-likeness (QED) is 0.576. The summed E-state index contributed by atoms with van der Waals surface area (Å²) in [5, 5.41) is 5.35. The summed E-state index contributed by atoms with van der Waals surface area (Å²) in [6.45, 7) is 1.34. The van der Waals surface area contributed by atoms with Crippen LogP contribution in [-0.2, 0) is 13.1 Å². The number of hydrogen-bond acceptors (Lipinski definition) is 6. The summed E-state index contributed by atoms with van der Waals surface area (Å²) in [7, 11) is 0. The number of carbonyl (C=O) groups is 1. The third kappa shape index (κ3) is 4.70. The zero-order valence-electron chi connectivity index (χ0n) is 15.3. The average Bonchev–Trinajstić information content (AvgIpc) is 3.23. The Kier molecular flexibility index (Phi) is 5.99. The topological polar surface area (TPSA) is 63.6 Å². The van der Waals surface area contributed by atoms with Gasteiger partial charge in [-0.3, -0.25) is 14.8 Å². The highest BCUT2D eigenvalue weighted by molar-refractivity contribution is 7.09. The summed E-state index contributed by atoms with van der Waals surface area (Å²) in [5.41, 5.74) is 2.46. The molecular weight excluding hydrogens is 413 g/mol. The lowest BCUT2D eigenvalue weighted by molar-refractivity contribution is 0.0998. The Labute approximate surface area is 176 Å². The van der Waals surface area contributed by atoms with E-state index in [1.165, 1.54) is 23.1 Å². The minimum Gasteiger partial charge on any atom is -0.488 e. The van der Waals surface area contributed by atoms with Gasteiger partial charge >= 0.3 is 0 Å². The fourth-order valence-electron chi connectivity index (χ4n) is 2.99. The third-order valence-corrected chi connectivity index (χ3v) is 5.57. The SMILES string of the molecule is O=C1CC(COc2ccc(F)c(Cl)c2)=Nc2c1ccnc2CNCc1cccs1. The molecule has 148 valence electrons. The monoisotopic (exact) mass is 429 g/mol. The van der Waals surface area contributed by atoms with Crippen LogP contribution in [0.3, 0.4) is 0 Å². The number of fused-ring (bicyclic) bond motifs is 1. The van der Waals surface area contributed by atoms with Crippen molar-refractivity contribution < 1.29 is 13.9 Å². The van der Waals surface area contributed by atoms with Gasteiger partial charge in [-0.2, -0.15) is 0 Å². The maximum Gasteiger partial charge on any atom is 0.170 e. The van der Waals surface area contributed by atoms with Gasteiger partial charge in [0.2, 0.25) is 0 Å². The van der Waals surface area contributed by atoms with Crippen LogP contribution in [0.1, 0.15) is 27.3 Å². The number of pyridine rings is 1. The van der Waals surface area contributed by atoms with E-state index in [0.717, 1.165) is 12.2 Å². The van der Waals surface area contributed by atoms with E-state index >= 15 is 0 Å². The van der Waals surface area contributed by atoms with Crippen LogP contribution in [0.25, 0.3) is 0 Å². The van der Waals surface area contributed by atoms with E-state index in [2.05, 4.69) is 21.4 Å². The second-order valence-electron chi connectivity index (χ2n) is 6.48. The predicted molar refractivity (Wildman–Crippen MR) is 112 cm³/mol. The number of nitrogens with zero attached hydrogens (tertiary/aromatic N) is 2. The smallest absolute Gasteiger partial charge is 0.170 e. The molecule has 2 aromatic heterocycles. The van der Waals surface area contributed by atoms with E-state index < -0.39 is 5.82 Å². The maximum absolute atomic E-state index is 13.3. The van der Waals surface area contributed by atoms with E-state index in [1.807, 2.05) is 11.4 Å². The molecule has 0 aliphatic carbocycles. The van der Waals surface area contributed by atoms with Gasteiger partial charge in [0.25, 0.3) is 0 Å². The highest BCUT2D eigenvalue weighted by Gasteiger charge is 2.23. The van der Waals surface area contributed by atoms with Crippen LogP contribution in [0.2, 0.25) is 5.02 Å². The van der Waals surface area contributed by atoms with Crippen molar-refractivity contribution in [2.45, 2.75) is 19.5 Å². The van der Waals surface area contributed by atoms with Gasteiger partial charge in [0.05, 0.1) is 28.5 Å².